The Hall–Kier alpha value is -0.610. The lowest BCUT2D eigenvalue weighted by Gasteiger charge is -2.30. The summed E-state index contributed by atoms with van der Waals surface area (Å²) < 4.78 is 5.38. The predicted octanol–water partition coefficient (Wildman–Crippen LogP) is 2.58. The SMILES string of the molecule is Cc1ccc(C(NN)C2CCOCC2)cc1Cl. The van der Waals surface area contributed by atoms with E-state index in [1.165, 1.54) is 0 Å². The van der Waals surface area contributed by atoms with Gasteiger partial charge < -0.3 is 4.74 Å². The standard InChI is InChI=1S/C13H19ClN2O/c1-9-2-3-11(8-12(9)14)13(16-15)10-4-6-17-7-5-10/h2-3,8,10,13,16H,4-7,15H2,1H3. The molecule has 0 spiro atoms. The molecule has 1 aliphatic heterocycles. The monoisotopic (exact) mass is 254 g/mol. The van der Waals surface area contributed by atoms with E-state index in [2.05, 4.69) is 11.5 Å². The lowest BCUT2D eigenvalue weighted by Crippen LogP contribution is -2.36. The number of hydrogen-bond acceptors (Lipinski definition) is 3. The van der Waals surface area contributed by atoms with Gasteiger partial charge in [-0.2, -0.15) is 0 Å². The molecule has 1 heterocycles. The van der Waals surface area contributed by atoms with E-state index in [0.29, 0.717) is 5.92 Å². The van der Waals surface area contributed by atoms with Crippen molar-refractivity contribution in [3.8, 4) is 0 Å². The summed E-state index contributed by atoms with van der Waals surface area (Å²) in [5, 5.41) is 0.801. The van der Waals surface area contributed by atoms with E-state index in [9.17, 15) is 0 Å². The van der Waals surface area contributed by atoms with Crippen molar-refractivity contribution in [3.05, 3.63) is 34.3 Å². The van der Waals surface area contributed by atoms with Crippen LogP contribution in [0.1, 0.15) is 30.0 Å². The zero-order valence-corrected chi connectivity index (χ0v) is 10.8. The van der Waals surface area contributed by atoms with Gasteiger partial charge in [-0.25, -0.2) is 0 Å². The van der Waals surface area contributed by atoms with Gasteiger partial charge in [0.25, 0.3) is 0 Å². The van der Waals surface area contributed by atoms with Gasteiger partial charge in [0.05, 0.1) is 0 Å². The van der Waals surface area contributed by atoms with Crippen molar-refractivity contribution in [2.45, 2.75) is 25.8 Å². The Bertz CT molecular complexity index is 378. The first-order valence-corrected chi connectivity index (χ1v) is 6.40. The molecule has 0 aromatic heterocycles. The molecule has 0 bridgehead atoms. The molecule has 1 aromatic carbocycles. The fourth-order valence-electron chi connectivity index (χ4n) is 2.36. The normalized spacial score (nSPS) is 19.2. The summed E-state index contributed by atoms with van der Waals surface area (Å²) in [5.41, 5.74) is 5.18. The quantitative estimate of drug-likeness (QED) is 0.644. The van der Waals surface area contributed by atoms with Crippen LogP contribution in [0.15, 0.2) is 18.2 Å². The first kappa shape index (κ1) is 12.8. The molecular formula is C13H19ClN2O. The van der Waals surface area contributed by atoms with Crippen molar-refractivity contribution in [2.24, 2.45) is 11.8 Å². The molecule has 1 saturated heterocycles. The van der Waals surface area contributed by atoms with Crippen molar-refractivity contribution in [1.29, 1.82) is 0 Å². The van der Waals surface area contributed by atoms with Crippen LogP contribution in [0.4, 0.5) is 0 Å². The molecule has 94 valence electrons. The minimum absolute atomic E-state index is 0.164. The van der Waals surface area contributed by atoms with E-state index in [0.717, 1.165) is 42.2 Å². The highest BCUT2D eigenvalue weighted by molar-refractivity contribution is 6.31. The second-order valence-electron chi connectivity index (χ2n) is 4.60. The number of benzene rings is 1. The summed E-state index contributed by atoms with van der Waals surface area (Å²) in [5.74, 6) is 6.21. The molecule has 0 radical (unpaired) electrons. The van der Waals surface area contributed by atoms with E-state index < -0.39 is 0 Å². The number of aryl methyl sites for hydroxylation is 1. The molecule has 1 fully saturated rings. The van der Waals surface area contributed by atoms with Crippen LogP contribution in [0, 0.1) is 12.8 Å². The molecule has 0 amide bonds. The van der Waals surface area contributed by atoms with Crippen molar-refractivity contribution in [3.63, 3.8) is 0 Å². The van der Waals surface area contributed by atoms with Gasteiger partial charge in [-0.05, 0) is 42.9 Å². The summed E-state index contributed by atoms with van der Waals surface area (Å²) in [6.07, 6.45) is 2.08. The van der Waals surface area contributed by atoms with Crippen molar-refractivity contribution < 1.29 is 4.74 Å². The van der Waals surface area contributed by atoms with Crippen LogP contribution in [-0.4, -0.2) is 13.2 Å². The molecule has 3 nitrogen and oxygen atoms in total. The Labute approximate surface area is 107 Å². The molecular weight excluding hydrogens is 236 g/mol. The van der Waals surface area contributed by atoms with Crippen LogP contribution >= 0.6 is 11.6 Å². The van der Waals surface area contributed by atoms with E-state index in [4.69, 9.17) is 22.2 Å². The fourth-order valence-corrected chi connectivity index (χ4v) is 2.55. The van der Waals surface area contributed by atoms with Gasteiger partial charge in [0.1, 0.15) is 0 Å². The maximum atomic E-state index is 6.16. The Kier molecular flexibility index (Phi) is 4.40. The van der Waals surface area contributed by atoms with E-state index >= 15 is 0 Å². The van der Waals surface area contributed by atoms with Gasteiger partial charge in [0.2, 0.25) is 0 Å². The third kappa shape index (κ3) is 2.99. The summed E-state index contributed by atoms with van der Waals surface area (Å²) >= 11 is 6.16. The predicted molar refractivity (Wildman–Crippen MR) is 69.8 cm³/mol. The first-order valence-electron chi connectivity index (χ1n) is 6.02. The third-order valence-electron chi connectivity index (χ3n) is 3.47. The Morgan fingerprint density at radius 3 is 2.71 bits per heavy atom. The van der Waals surface area contributed by atoms with E-state index in [1.807, 2.05) is 19.1 Å². The van der Waals surface area contributed by atoms with Gasteiger partial charge in [-0.3, -0.25) is 11.3 Å². The van der Waals surface area contributed by atoms with Crippen LogP contribution in [0.3, 0.4) is 0 Å². The van der Waals surface area contributed by atoms with Crippen LogP contribution in [0.25, 0.3) is 0 Å². The number of rotatable bonds is 3. The number of hydrazine groups is 1. The van der Waals surface area contributed by atoms with E-state index in [1.54, 1.807) is 0 Å². The summed E-state index contributed by atoms with van der Waals surface area (Å²) in [6.45, 7) is 3.65. The second-order valence-corrected chi connectivity index (χ2v) is 5.01. The first-order chi connectivity index (χ1) is 8.22. The van der Waals surface area contributed by atoms with Crippen molar-refractivity contribution in [1.82, 2.24) is 5.43 Å². The highest BCUT2D eigenvalue weighted by atomic mass is 35.5. The number of nitrogens with two attached hydrogens (primary N) is 1. The largest absolute Gasteiger partial charge is 0.381 e. The Balaban J connectivity index is 2.18. The average Bonchev–Trinajstić information content (AvgIpc) is 2.36. The zero-order chi connectivity index (χ0) is 12.3. The van der Waals surface area contributed by atoms with Gasteiger partial charge >= 0.3 is 0 Å². The molecule has 1 aliphatic rings. The summed E-state index contributed by atoms with van der Waals surface area (Å²) in [4.78, 5) is 0. The molecule has 0 aliphatic carbocycles. The van der Waals surface area contributed by atoms with Crippen LogP contribution in [0.5, 0.6) is 0 Å². The zero-order valence-electron chi connectivity index (χ0n) is 10.1. The molecule has 0 saturated carbocycles. The number of halogens is 1. The molecule has 2 rings (SSSR count). The Morgan fingerprint density at radius 1 is 1.41 bits per heavy atom. The van der Waals surface area contributed by atoms with Gasteiger partial charge in [0.15, 0.2) is 0 Å². The minimum Gasteiger partial charge on any atom is -0.381 e. The lowest BCUT2D eigenvalue weighted by atomic mass is 9.87. The highest BCUT2D eigenvalue weighted by Crippen LogP contribution is 2.31. The highest BCUT2D eigenvalue weighted by Gasteiger charge is 2.24. The van der Waals surface area contributed by atoms with E-state index in [-0.39, 0.29) is 6.04 Å². The van der Waals surface area contributed by atoms with Gasteiger partial charge in [-0.15, -0.1) is 0 Å². The Morgan fingerprint density at radius 2 is 2.12 bits per heavy atom. The molecule has 17 heavy (non-hydrogen) atoms. The lowest BCUT2D eigenvalue weighted by molar-refractivity contribution is 0.0536. The van der Waals surface area contributed by atoms with Crippen molar-refractivity contribution >= 4 is 11.6 Å². The molecule has 3 N–H and O–H groups in total. The van der Waals surface area contributed by atoms with Crippen LogP contribution < -0.4 is 11.3 Å². The maximum absolute atomic E-state index is 6.16. The number of ether oxygens (including phenoxy) is 1. The topological polar surface area (TPSA) is 47.3 Å². The van der Waals surface area contributed by atoms with Crippen LogP contribution in [-0.2, 0) is 4.74 Å². The average molecular weight is 255 g/mol. The number of nitrogens with one attached hydrogen (secondary N) is 1. The minimum atomic E-state index is 0.164. The third-order valence-corrected chi connectivity index (χ3v) is 3.88. The molecule has 1 unspecified atom stereocenters. The summed E-state index contributed by atoms with van der Waals surface area (Å²) in [7, 11) is 0. The fraction of sp³-hybridized carbons (Fsp3) is 0.538. The van der Waals surface area contributed by atoms with Gasteiger partial charge in [0, 0.05) is 24.3 Å². The summed E-state index contributed by atoms with van der Waals surface area (Å²) in [6, 6.07) is 6.32. The van der Waals surface area contributed by atoms with Crippen LogP contribution in [0.2, 0.25) is 5.02 Å². The van der Waals surface area contributed by atoms with Crippen molar-refractivity contribution in [2.75, 3.05) is 13.2 Å². The van der Waals surface area contributed by atoms with Gasteiger partial charge in [-0.1, -0.05) is 23.7 Å². The molecule has 1 atom stereocenters. The molecule has 4 heteroatoms. The molecule has 1 aromatic rings. The maximum Gasteiger partial charge on any atom is 0.0490 e. The smallest absolute Gasteiger partial charge is 0.0490 e. The second kappa shape index (κ2) is 5.83. The number of hydrogen-bond donors (Lipinski definition) is 2.